The summed E-state index contributed by atoms with van der Waals surface area (Å²) in [5.74, 6) is 5.72. The van der Waals surface area contributed by atoms with Crippen molar-refractivity contribution in [2.24, 2.45) is 0 Å². The number of benzene rings is 1. The summed E-state index contributed by atoms with van der Waals surface area (Å²) in [7, 11) is 0. The van der Waals surface area contributed by atoms with Gasteiger partial charge in [-0.2, -0.15) is 0 Å². The van der Waals surface area contributed by atoms with E-state index in [0.717, 1.165) is 32.3 Å². The van der Waals surface area contributed by atoms with E-state index < -0.39 is 0 Å². The summed E-state index contributed by atoms with van der Waals surface area (Å²) < 4.78 is 24.6. The number of halogens is 1. The summed E-state index contributed by atoms with van der Waals surface area (Å²) in [5.41, 5.74) is 0.567. The van der Waals surface area contributed by atoms with Crippen LogP contribution in [0.5, 0.6) is 5.75 Å². The number of ether oxygens (including phenoxy) is 2. The van der Waals surface area contributed by atoms with Crippen molar-refractivity contribution in [1.29, 1.82) is 0 Å². The van der Waals surface area contributed by atoms with Crippen LogP contribution >= 0.6 is 0 Å². The summed E-state index contributed by atoms with van der Waals surface area (Å²) in [6.45, 7) is 1.42. The van der Waals surface area contributed by atoms with Gasteiger partial charge in [-0.3, -0.25) is 0 Å². The highest BCUT2D eigenvalue weighted by Gasteiger charge is 2.14. The Morgan fingerprint density at radius 2 is 2.29 bits per heavy atom. The lowest BCUT2D eigenvalue weighted by atomic mass is 10.1. The zero-order valence-electron chi connectivity index (χ0n) is 12.1. The number of aliphatic hydroxyl groups is 1. The van der Waals surface area contributed by atoms with Gasteiger partial charge < -0.3 is 14.6 Å². The molecule has 0 spiro atoms. The predicted molar refractivity (Wildman–Crippen MR) is 78.7 cm³/mol. The average molecular weight is 292 g/mol. The second-order valence-corrected chi connectivity index (χ2v) is 5.08. The highest BCUT2D eigenvalue weighted by atomic mass is 19.1. The van der Waals surface area contributed by atoms with Gasteiger partial charge in [0.2, 0.25) is 0 Å². The second-order valence-electron chi connectivity index (χ2n) is 5.08. The summed E-state index contributed by atoms with van der Waals surface area (Å²) in [6.07, 6.45) is 4.90. The van der Waals surface area contributed by atoms with Crippen LogP contribution in [0.4, 0.5) is 4.39 Å². The summed E-state index contributed by atoms with van der Waals surface area (Å²) in [6, 6.07) is 4.45. The van der Waals surface area contributed by atoms with Crippen LogP contribution in [0.15, 0.2) is 18.2 Å². The van der Waals surface area contributed by atoms with E-state index in [1.54, 1.807) is 6.07 Å². The van der Waals surface area contributed by atoms with Crippen molar-refractivity contribution in [3.05, 3.63) is 29.6 Å². The van der Waals surface area contributed by atoms with Gasteiger partial charge in [0.1, 0.15) is 11.6 Å². The molecule has 0 aromatic heterocycles. The molecular weight excluding hydrogens is 271 g/mol. The molecule has 114 valence electrons. The van der Waals surface area contributed by atoms with E-state index in [1.165, 1.54) is 12.1 Å². The molecule has 0 amide bonds. The minimum Gasteiger partial charge on any atom is -0.493 e. The van der Waals surface area contributed by atoms with Crippen LogP contribution < -0.4 is 4.74 Å². The molecule has 1 unspecified atom stereocenters. The maximum Gasteiger partial charge on any atom is 0.128 e. The maximum atomic E-state index is 13.5. The molecule has 4 heteroatoms. The third-order valence-electron chi connectivity index (χ3n) is 3.30. The fourth-order valence-corrected chi connectivity index (χ4v) is 2.31. The molecule has 2 rings (SSSR count). The Labute approximate surface area is 125 Å². The van der Waals surface area contributed by atoms with Crippen LogP contribution in [0.2, 0.25) is 0 Å². The quantitative estimate of drug-likeness (QED) is 0.647. The molecule has 0 aliphatic carbocycles. The molecule has 1 heterocycles. The van der Waals surface area contributed by atoms with Gasteiger partial charge in [-0.05, 0) is 37.8 Å². The molecule has 1 aromatic rings. The van der Waals surface area contributed by atoms with Crippen molar-refractivity contribution in [2.45, 2.75) is 38.2 Å². The lowest BCUT2D eigenvalue weighted by Crippen LogP contribution is -2.07. The fraction of sp³-hybridized carbons (Fsp3) is 0.529. The van der Waals surface area contributed by atoms with Gasteiger partial charge in [-0.25, -0.2) is 4.39 Å². The maximum absolute atomic E-state index is 13.5. The summed E-state index contributed by atoms with van der Waals surface area (Å²) in [5, 5.41) is 8.68. The normalized spacial score (nSPS) is 17.3. The Hall–Kier alpha value is -1.57. The smallest absolute Gasteiger partial charge is 0.128 e. The van der Waals surface area contributed by atoms with Crippen molar-refractivity contribution in [2.75, 3.05) is 19.8 Å². The molecule has 0 radical (unpaired) electrons. The summed E-state index contributed by atoms with van der Waals surface area (Å²) >= 11 is 0. The first kappa shape index (κ1) is 15.8. The van der Waals surface area contributed by atoms with Crippen LogP contribution in [0.25, 0.3) is 0 Å². The van der Waals surface area contributed by atoms with E-state index in [1.807, 2.05) is 0 Å². The van der Waals surface area contributed by atoms with Crippen molar-refractivity contribution in [3.63, 3.8) is 0 Å². The Morgan fingerprint density at radius 1 is 1.38 bits per heavy atom. The molecule has 1 aliphatic heterocycles. The highest BCUT2D eigenvalue weighted by Crippen LogP contribution is 2.19. The first-order valence-corrected chi connectivity index (χ1v) is 7.42. The molecule has 1 N–H and O–H groups in total. The Bertz CT molecular complexity index is 498. The third kappa shape index (κ3) is 5.74. The SMILES string of the molecule is OCCC#Cc1cc(F)cc(OCCCC2CCCO2)c1. The molecular formula is C17H21FO3. The zero-order chi connectivity index (χ0) is 14.9. The Morgan fingerprint density at radius 3 is 3.05 bits per heavy atom. The van der Waals surface area contributed by atoms with Gasteiger partial charge in [0, 0.05) is 24.7 Å². The summed E-state index contributed by atoms with van der Waals surface area (Å²) in [4.78, 5) is 0. The number of aliphatic hydroxyl groups excluding tert-OH is 1. The van der Waals surface area contributed by atoms with Gasteiger partial charge >= 0.3 is 0 Å². The number of hydrogen-bond donors (Lipinski definition) is 1. The van der Waals surface area contributed by atoms with Crippen LogP contribution in [-0.2, 0) is 4.74 Å². The third-order valence-corrected chi connectivity index (χ3v) is 3.30. The zero-order valence-corrected chi connectivity index (χ0v) is 12.1. The number of hydrogen-bond acceptors (Lipinski definition) is 3. The molecule has 1 aliphatic rings. The Balaban J connectivity index is 1.80. The lowest BCUT2D eigenvalue weighted by Gasteiger charge is -2.10. The predicted octanol–water partition coefficient (Wildman–Crippen LogP) is 2.90. The van der Waals surface area contributed by atoms with Gasteiger partial charge in [-0.1, -0.05) is 11.8 Å². The molecule has 3 nitrogen and oxygen atoms in total. The topological polar surface area (TPSA) is 38.7 Å². The van der Waals surface area contributed by atoms with Crippen LogP contribution in [0, 0.1) is 17.7 Å². The largest absolute Gasteiger partial charge is 0.493 e. The van der Waals surface area contributed by atoms with E-state index in [0.29, 0.717) is 30.4 Å². The van der Waals surface area contributed by atoms with Crippen LogP contribution in [0.1, 0.15) is 37.7 Å². The van der Waals surface area contributed by atoms with E-state index >= 15 is 0 Å². The van der Waals surface area contributed by atoms with Crippen molar-refractivity contribution in [1.82, 2.24) is 0 Å². The molecule has 1 atom stereocenters. The van der Waals surface area contributed by atoms with E-state index in [4.69, 9.17) is 14.6 Å². The number of rotatable bonds is 6. The lowest BCUT2D eigenvalue weighted by molar-refractivity contribution is 0.0981. The molecule has 21 heavy (non-hydrogen) atoms. The second kappa shape index (κ2) is 8.66. The first-order valence-electron chi connectivity index (χ1n) is 7.42. The van der Waals surface area contributed by atoms with Crippen LogP contribution in [0.3, 0.4) is 0 Å². The molecule has 0 saturated carbocycles. The van der Waals surface area contributed by atoms with E-state index in [-0.39, 0.29) is 12.4 Å². The highest BCUT2D eigenvalue weighted by molar-refractivity contribution is 5.40. The average Bonchev–Trinajstić information content (AvgIpc) is 2.97. The van der Waals surface area contributed by atoms with E-state index in [9.17, 15) is 4.39 Å². The minimum atomic E-state index is -0.361. The van der Waals surface area contributed by atoms with Crippen molar-refractivity contribution >= 4 is 0 Å². The first-order chi connectivity index (χ1) is 10.3. The molecule has 1 fully saturated rings. The van der Waals surface area contributed by atoms with Crippen LogP contribution in [-0.4, -0.2) is 31.0 Å². The monoisotopic (exact) mass is 292 g/mol. The molecule has 0 bridgehead atoms. The fourth-order valence-electron chi connectivity index (χ4n) is 2.31. The molecule has 1 saturated heterocycles. The molecule has 1 aromatic carbocycles. The minimum absolute atomic E-state index is 0.00884. The Kier molecular flexibility index (Phi) is 6.52. The van der Waals surface area contributed by atoms with Gasteiger partial charge in [0.15, 0.2) is 0 Å². The van der Waals surface area contributed by atoms with Crippen molar-refractivity contribution < 1.29 is 19.0 Å². The van der Waals surface area contributed by atoms with Gasteiger partial charge in [0.05, 0.1) is 19.3 Å². The van der Waals surface area contributed by atoms with Gasteiger partial charge in [0.25, 0.3) is 0 Å². The van der Waals surface area contributed by atoms with Crippen molar-refractivity contribution in [3.8, 4) is 17.6 Å². The van der Waals surface area contributed by atoms with E-state index in [2.05, 4.69) is 11.8 Å². The van der Waals surface area contributed by atoms with Gasteiger partial charge in [-0.15, -0.1) is 0 Å². The standard InChI is InChI=1S/C17H21FO3/c18-15-11-14(5-1-2-8-19)12-17(13-15)21-10-4-7-16-6-3-9-20-16/h11-13,16,19H,2-4,6-10H2.